The van der Waals surface area contributed by atoms with Gasteiger partial charge < -0.3 is 10.6 Å². The van der Waals surface area contributed by atoms with Gasteiger partial charge in [0.25, 0.3) is 0 Å². The summed E-state index contributed by atoms with van der Waals surface area (Å²) in [6, 6.07) is 0.366. The van der Waals surface area contributed by atoms with Crippen molar-refractivity contribution >= 4 is 5.91 Å². The second-order valence-electron chi connectivity index (χ2n) is 6.03. The van der Waals surface area contributed by atoms with Gasteiger partial charge in [-0.2, -0.15) is 0 Å². The van der Waals surface area contributed by atoms with Crippen LogP contribution in [0, 0.1) is 5.92 Å². The molecule has 0 radical (unpaired) electrons. The van der Waals surface area contributed by atoms with E-state index >= 15 is 0 Å². The molecule has 0 spiro atoms. The Morgan fingerprint density at radius 1 is 1.00 bits per heavy atom. The Balaban J connectivity index is 1.69. The number of carbonyl (C=O) groups is 1. The summed E-state index contributed by atoms with van der Waals surface area (Å²) in [4.78, 5) is 12.1. The molecule has 1 amide bonds. The molecule has 2 fully saturated rings. The maximum absolute atomic E-state index is 12.1. The van der Waals surface area contributed by atoms with Crippen LogP contribution in [0.2, 0.25) is 0 Å². The third-order valence-electron chi connectivity index (χ3n) is 4.36. The van der Waals surface area contributed by atoms with Gasteiger partial charge in [-0.1, -0.05) is 32.1 Å². The Morgan fingerprint density at radius 2 is 1.72 bits per heavy atom. The molecule has 1 saturated heterocycles. The number of rotatable bonds is 3. The van der Waals surface area contributed by atoms with Crippen molar-refractivity contribution in [1.82, 2.24) is 10.6 Å². The molecule has 1 aliphatic heterocycles. The molecule has 0 aromatic heterocycles. The van der Waals surface area contributed by atoms with Crippen LogP contribution >= 0.6 is 0 Å². The fourth-order valence-corrected chi connectivity index (χ4v) is 3.26. The minimum absolute atomic E-state index is 0.288. The highest BCUT2D eigenvalue weighted by Crippen LogP contribution is 2.25. The highest BCUT2D eigenvalue weighted by atomic mass is 16.1. The van der Waals surface area contributed by atoms with E-state index in [1.165, 1.54) is 51.4 Å². The molecule has 104 valence electrons. The second kappa shape index (κ2) is 7.78. The number of hydrogen-bond acceptors (Lipinski definition) is 2. The molecule has 1 heterocycles. The predicted molar refractivity (Wildman–Crippen MR) is 74.5 cm³/mol. The van der Waals surface area contributed by atoms with Crippen LogP contribution < -0.4 is 10.6 Å². The average molecular weight is 252 g/mol. The van der Waals surface area contributed by atoms with Crippen molar-refractivity contribution in [2.45, 2.75) is 70.3 Å². The molecule has 18 heavy (non-hydrogen) atoms. The van der Waals surface area contributed by atoms with Gasteiger partial charge in [0.05, 0.1) is 0 Å². The maximum Gasteiger partial charge on any atom is 0.220 e. The first-order chi connectivity index (χ1) is 8.84. The molecule has 3 heteroatoms. The van der Waals surface area contributed by atoms with Crippen molar-refractivity contribution in [2.24, 2.45) is 5.92 Å². The van der Waals surface area contributed by atoms with E-state index in [1.807, 2.05) is 0 Å². The van der Waals surface area contributed by atoms with Gasteiger partial charge in [-0.15, -0.1) is 0 Å². The summed E-state index contributed by atoms with van der Waals surface area (Å²) >= 11 is 0. The fraction of sp³-hybridized carbons (Fsp3) is 0.933. The van der Waals surface area contributed by atoms with Gasteiger partial charge in [-0.3, -0.25) is 4.79 Å². The Labute approximate surface area is 111 Å². The molecule has 1 atom stereocenters. The van der Waals surface area contributed by atoms with E-state index in [-0.39, 0.29) is 5.91 Å². The average Bonchev–Trinajstić information content (AvgIpc) is 2.74. The zero-order valence-corrected chi connectivity index (χ0v) is 11.5. The van der Waals surface area contributed by atoms with Crippen LogP contribution in [0.5, 0.6) is 0 Å². The predicted octanol–water partition coefficient (Wildman–Crippen LogP) is 2.61. The molecule has 0 bridgehead atoms. The summed E-state index contributed by atoms with van der Waals surface area (Å²) in [5, 5.41) is 6.63. The minimum atomic E-state index is 0.288. The smallest absolute Gasteiger partial charge is 0.220 e. The molecule has 2 rings (SSSR count). The van der Waals surface area contributed by atoms with Crippen molar-refractivity contribution in [3.05, 3.63) is 0 Å². The molecule has 2 N–H and O–H groups in total. The molecular weight excluding hydrogens is 224 g/mol. The molecule has 0 aromatic carbocycles. The second-order valence-corrected chi connectivity index (χ2v) is 6.03. The topological polar surface area (TPSA) is 41.1 Å². The number of carbonyl (C=O) groups excluding carboxylic acids is 1. The van der Waals surface area contributed by atoms with Gasteiger partial charge in [0.1, 0.15) is 0 Å². The Kier molecular flexibility index (Phi) is 5.98. The zero-order chi connectivity index (χ0) is 12.6. The third kappa shape index (κ3) is 4.97. The van der Waals surface area contributed by atoms with Crippen LogP contribution in [-0.4, -0.2) is 25.0 Å². The van der Waals surface area contributed by atoms with Crippen molar-refractivity contribution < 1.29 is 4.79 Å². The molecule has 1 aliphatic carbocycles. The monoisotopic (exact) mass is 252 g/mol. The van der Waals surface area contributed by atoms with E-state index in [0.717, 1.165) is 25.9 Å². The van der Waals surface area contributed by atoms with Gasteiger partial charge in [-0.05, 0) is 38.1 Å². The van der Waals surface area contributed by atoms with Gasteiger partial charge in [0, 0.05) is 19.0 Å². The highest BCUT2D eigenvalue weighted by Gasteiger charge is 2.19. The number of amides is 1. The number of hydrogen-bond donors (Lipinski definition) is 2. The fourth-order valence-electron chi connectivity index (χ4n) is 3.26. The normalized spacial score (nSPS) is 27.2. The standard InChI is InChI=1S/C15H28N2O/c18-15(11-13-7-3-1-2-4-8-13)17-14-9-5-6-10-16-12-14/h13-14,16H,1-12H2,(H,17,18). The first-order valence-electron chi connectivity index (χ1n) is 7.84. The maximum atomic E-state index is 12.1. The first-order valence-corrected chi connectivity index (χ1v) is 7.84. The van der Waals surface area contributed by atoms with Crippen molar-refractivity contribution in [3.8, 4) is 0 Å². The van der Waals surface area contributed by atoms with Crippen molar-refractivity contribution in [3.63, 3.8) is 0 Å². The lowest BCUT2D eigenvalue weighted by Crippen LogP contribution is -2.41. The van der Waals surface area contributed by atoms with E-state index in [0.29, 0.717) is 12.0 Å². The summed E-state index contributed by atoms with van der Waals surface area (Å²) in [6.45, 7) is 2.06. The summed E-state index contributed by atoms with van der Waals surface area (Å²) in [7, 11) is 0. The van der Waals surface area contributed by atoms with Crippen LogP contribution in [0.25, 0.3) is 0 Å². The molecule has 1 saturated carbocycles. The van der Waals surface area contributed by atoms with E-state index < -0.39 is 0 Å². The number of nitrogens with one attached hydrogen (secondary N) is 2. The Morgan fingerprint density at radius 3 is 2.50 bits per heavy atom. The third-order valence-corrected chi connectivity index (χ3v) is 4.36. The SMILES string of the molecule is O=C(CC1CCCCCC1)NC1CCCCNC1. The zero-order valence-electron chi connectivity index (χ0n) is 11.5. The van der Waals surface area contributed by atoms with E-state index in [9.17, 15) is 4.79 Å². The summed E-state index contributed by atoms with van der Waals surface area (Å²) in [5.41, 5.74) is 0. The van der Waals surface area contributed by atoms with Crippen LogP contribution in [0.15, 0.2) is 0 Å². The molecular formula is C15H28N2O. The van der Waals surface area contributed by atoms with Crippen LogP contribution in [0.1, 0.15) is 64.2 Å². The molecule has 0 aromatic rings. The van der Waals surface area contributed by atoms with Gasteiger partial charge in [0.15, 0.2) is 0 Å². The lowest BCUT2D eigenvalue weighted by molar-refractivity contribution is -0.122. The van der Waals surface area contributed by atoms with Gasteiger partial charge >= 0.3 is 0 Å². The van der Waals surface area contributed by atoms with Gasteiger partial charge in [-0.25, -0.2) is 0 Å². The van der Waals surface area contributed by atoms with E-state index in [4.69, 9.17) is 0 Å². The first kappa shape index (κ1) is 13.9. The quantitative estimate of drug-likeness (QED) is 0.758. The van der Waals surface area contributed by atoms with E-state index in [2.05, 4.69) is 10.6 Å². The molecule has 2 aliphatic rings. The van der Waals surface area contributed by atoms with E-state index in [1.54, 1.807) is 0 Å². The van der Waals surface area contributed by atoms with Crippen molar-refractivity contribution in [2.75, 3.05) is 13.1 Å². The lowest BCUT2D eigenvalue weighted by Gasteiger charge is -2.19. The largest absolute Gasteiger partial charge is 0.352 e. The molecule has 3 nitrogen and oxygen atoms in total. The Hall–Kier alpha value is -0.570. The Bertz CT molecular complexity index is 215. The molecule has 1 unspecified atom stereocenters. The summed E-state index contributed by atoms with van der Waals surface area (Å²) in [5.74, 6) is 0.932. The van der Waals surface area contributed by atoms with Crippen LogP contribution in [0.3, 0.4) is 0 Å². The van der Waals surface area contributed by atoms with Gasteiger partial charge in [0.2, 0.25) is 5.91 Å². The van der Waals surface area contributed by atoms with Crippen molar-refractivity contribution in [1.29, 1.82) is 0 Å². The lowest BCUT2D eigenvalue weighted by atomic mass is 9.96. The highest BCUT2D eigenvalue weighted by molar-refractivity contribution is 5.76. The summed E-state index contributed by atoms with van der Waals surface area (Å²) in [6.07, 6.45) is 12.3. The van der Waals surface area contributed by atoms with Crippen LogP contribution in [0.4, 0.5) is 0 Å². The minimum Gasteiger partial charge on any atom is -0.352 e. The van der Waals surface area contributed by atoms with Crippen LogP contribution in [-0.2, 0) is 4.79 Å². The summed E-state index contributed by atoms with van der Waals surface area (Å²) < 4.78 is 0.